The van der Waals surface area contributed by atoms with Crippen LogP contribution in [0, 0.1) is 17.8 Å². The minimum absolute atomic E-state index is 0.0355. The number of carbonyl (C=O) groups excluding carboxylic acids is 3. The molecule has 0 fully saturated rings. The molecule has 0 saturated heterocycles. The maximum Gasteiger partial charge on any atom is 0.255 e. The molecule has 7 N–H and O–H groups in total. The summed E-state index contributed by atoms with van der Waals surface area (Å²) < 4.78 is 0. The first-order valence-corrected chi connectivity index (χ1v) is 15.3. The van der Waals surface area contributed by atoms with Crippen LogP contribution in [0.3, 0.4) is 0 Å². The van der Waals surface area contributed by atoms with Crippen LogP contribution < -0.4 is 21.3 Å². The Morgan fingerprint density at radius 2 is 1.68 bits per heavy atom. The van der Waals surface area contributed by atoms with Gasteiger partial charge in [-0.2, -0.15) is 0 Å². The maximum atomic E-state index is 14.2. The summed E-state index contributed by atoms with van der Waals surface area (Å²) >= 11 is 0. The van der Waals surface area contributed by atoms with E-state index in [2.05, 4.69) is 45.3 Å². The van der Waals surface area contributed by atoms with Crippen LogP contribution in [0.2, 0.25) is 0 Å². The van der Waals surface area contributed by atoms with Crippen LogP contribution in [0.5, 0.6) is 5.75 Å². The number of nitrogens with one attached hydrogen (secondary N) is 2. The van der Waals surface area contributed by atoms with Crippen LogP contribution in [-0.4, -0.2) is 89.5 Å². The molecule has 0 saturated carbocycles. The van der Waals surface area contributed by atoms with Gasteiger partial charge in [-0.3, -0.25) is 19.3 Å². The van der Waals surface area contributed by atoms with Crippen LogP contribution >= 0.6 is 0 Å². The molecule has 0 spiro atoms. The standard InChI is InChI=1S/C33H49N5O6/c1-10-32(2,3)36-33(4,5)11-12-35-19-15-20(37(6)7)17-13-16-14-18-23(28(41)21(16)27(40)22(17)26(19)39)29(42)24(31(34)44)30(43)25(18)38(8)9/h15-16,18,23,25,35-36,39,41,43H,10-14H2,1-9H3,(H2,34,44)/t16-,18+,23-,25-/m0/s1. The van der Waals surface area contributed by atoms with Crippen molar-refractivity contribution in [2.45, 2.75) is 77.4 Å². The maximum absolute atomic E-state index is 14.2. The molecule has 0 aliphatic heterocycles. The van der Waals surface area contributed by atoms with E-state index in [4.69, 9.17) is 5.73 Å². The summed E-state index contributed by atoms with van der Waals surface area (Å²) in [5.41, 5.74) is 6.70. The molecule has 4 rings (SSSR count). The molecule has 11 nitrogen and oxygen atoms in total. The second-order valence-electron chi connectivity index (χ2n) is 14.3. The second kappa shape index (κ2) is 11.7. The number of nitrogens with two attached hydrogens (primary N) is 1. The van der Waals surface area contributed by atoms with Crippen molar-refractivity contribution < 1.29 is 29.7 Å². The lowest BCUT2D eigenvalue weighted by Gasteiger charge is -2.46. The normalized spacial score (nSPS) is 23.9. The number of aliphatic hydroxyl groups is 2. The lowest BCUT2D eigenvalue weighted by atomic mass is 9.61. The highest BCUT2D eigenvalue weighted by Gasteiger charge is 2.54. The number of aromatic hydroxyl groups is 1. The zero-order valence-corrected chi connectivity index (χ0v) is 27.5. The summed E-state index contributed by atoms with van der Waals surface area (Å²) in [6.45, 7) is 11.2. The topological polar surface area (TPSA) is 168 Å². The Balaban J connectivity index is 1.75. The lowest BCUT2D eigenvalue weighted by molar-refractivity contribution is -0.127. The third-order valence-electron chi connectivity index (χ3n) is 9.65. The van der Waals surface area contributed by atoms with E-state index in [9.17, 15) is 29.7 Å². The van der Waals surface area contributed by atoms with E-state index < -0.39 is 58.4 Å². The van der Waals surface area contributed by atoms with Gasteiger partial charge in [0.15, 0.2) is 11.6 Å². The highest BCUT2D eigenvalue weighted by Crippen LogP contribution is 2.52. The first-order valence-electron chi connectivity index (χ1n) is 15.3. The van der Waals surface area contributed by atoms with Gasteiger partial charge in [0.05, 0.1) is 23.2 Å². The molecule has 242 valence electrons. The van der Waals surface area contributed by atoms with E-state index in [1.165, 1.54) is 0 Å². The van der Waals surface area contributed by atoms with Crippen molar-refractivity contribution >= 4 is 28.8 Å². The number of carbonyl (C=O) groups is 3. The molecule has 0 radical (unpaired) electrons. The number of allylic oxidation sites excluding steroid dienone is 2. The van der Waals surface area contributed by atoms with Crippen molar-refractivity contribution in [1.29, 1.82) is 0 Å². The van der Waals surface area contributed by atoms with Crippen LogP contribution in [-0.2, 0) is 16.0 Å². The number of rotatable bonds is 10. The zero-order valence-electron chi connectivity index (χ0n) is 27.5. The molecule has 3 aliphatic rings. The van der Waals surface area contributed by atoms with Gasteiger partial charge >= 0.3 is 0 Å². The van der Waals surface area contributed by atoms with Crippen LogP contribution in [0.15, 0.2) is 28.7 Å². The Morgan fingerprint density at radius 1 is 1.05 bits per heavy atom. The van der Waals surface area contributed by atoms with Gasteiger partial charge < -0.3 is 36.6 Å². The molecule has 3 aliphatic carbocycles. The Labute approximate surface area is 260 Å². The smallest absolute Gasteiger partial charge is 0.255 e. The molecule has 1 aromatic rings. The number of nitrogens with zero attached hydrogens (tertiary/aromatic N) is 2. The third-order valence-corrected chi connectivity index (χ3v) is 9.65. The van der Waals surface area contributed by atoms with Crippen molar-refractivity contribution in [3.8, 4) is 5.75 Å². The summed E-state index contributed by atoms with van der Waals surface area (Å²) in [5.74, 6) is -5.71. The SMILES string of the molecule is CCC(C)(C)NC(C)(C)CCNc1cc(N(C)C)c2c(c1O)C(=O)C1=C(O)[C@H]3C(=O)C(C(N)=O)=C(O)[C@@H](N(C)C)[C@@H]3C[C@@H]1C2. The zero-order chi connectivity index (χ0) is 33.0. The number of phenols is 1. The van der Waals surface area contributed by atoms with Crippen molar-refractivity contribution in [1.82, 2.24) is 10.2 Å². The summed E-state index contributed by atoms with van der Waals surface area (Å²) in [5, 5.41) is 41.0. The van der Waals surface area contributed by atoms with Gasteiger partial charge in [-0.05, 0) is 90.9 Å². The van der Waals surface area contributed by atoms with Gasteiger partial charge in [-0.25, -0.2) is 0 Å². The Hall–Kier alpha value is -3.57. The number of primary amides is 1. The molecular formula is C33H49N5O6. The van der Waals surface area contributed by atoms with Crippen molar-refractivity contribution in [3.63, 3.8) is 0 Å². The summed E-state index contributed by atoms with van der Waals surface area (Å²) in [6, 6.07) is 1.09. The number of ketones is 2. The van der Waals surface area contributed by atoms with E-state index >= 15 is 0 Å². The Bertz CT molecular complexity index is 1440. The van der Waals surface area contributed by atoms with Crippen LogP contribution in [0.1, 0.15) is 69.8 Å². The molecular weight excluding hydrogens is 562 g/mol. The summed E-state index contributed by atoms with van der Waals surface area (Å²) in [4.78, 5) is 43.5. The Kier molecular flexibility index (Phi) is 8.89. The van der Waals surface area contributed by atoms with Crippen LogP contribution in [0.25, 0.3) is 0 Å². The number of likely N-dealkylation sites (N-methyl/N-ethyl adjacent to an activating group) is 1. The van der Waals surface area contributed by atoms with Gasteiger partial charge in [0.2, 0.25) is 0 Å². The summed E-state index contributed by atoms with van der Waals surface area (Å²) in [6.07, 6.45) is 2.37. The number of anilines is 2. The van der Waals surface area contributed by atoms with Gasteiger partial charge in [-0.1, -0.05) is 6.92 Å². The quantitative estimate of drug-likeness (QED) is 0.170. The molecule has 4 atom stereocenters. The first kappa shape index (κ1) is 33.3. The fraction of sp³-hybridized carbons (Fsp3) is 0.606. The molecule has 0 heterocycles. The van der Waals surface area contributed by atoms with Crippen molar-refractivity contribution in [2.24, 2.45) is 23.5 Å². The Morgan fingerprint density at radius 3 is 2.23 bits per heavy atom. The number of phenolic OH excluding ortho intramolecular Hbond substituents is 1. The molecule has 44 heavy (non-hydrogen) atoms. The lowest BCUT2D eigenvalue weighted by Crippen LogP contribution is -2.53. The van der Waals surface area contributed by atoms with E-state index in [0.717, 1.165) is 18.5 Å². The molecule has 11 heteroatoms. The minimum atomic E-state index is -1.21. The van der Waals surface area contributed by atoms with Gasteiger partial charge in [0, 0.05) is 43.0 Å². The number of aliphatic hydroxyl groups excluding tert-OH is 2. The van der Waals surface area contributed by atoms with Crippen molar-refractivity contribution in [3.05, 3.63) is 39.9 Å². The first-order chi connectivity index (χ1) is 20.3. The minimum Gasteiger partial charge on any atom is -0.511 e. The summed E-state index contributed by atoms with van der Waals surface area (Å²) in [7, 11) is 7.16. The monoisotopic (exact) mass is 611 g/mol. The molecule has 1 aromatic carbocycles. The van der Waals surface area contributed by atoms with E-state index in [0.29, 0.717) is 30.6 Å². The predicted molar refractivity (Wildman–Crippen MR) is 171 cm³/mol. The van der Waals surface area contributed by atoms with Gasteiger partial charge in [0.25, 0.3) is 5.91 Å². The van der Waals surface area contributed by atoms with Crippen LogP contribution in [0.4, 0.5) is 11.4 Å². The second-order valence-corrected chi connectivity index (χ2v) is 14.3. The number of Topliss-reactive ketones (excluding diaryl/α,β-unsaturated/α-hetero) is 2. The highest BCUT2D eigenvalue weighted by atomic mass is 16.3. The largest absolute Gasteiger partial charge is 0.511 e. The predicted octanol–water partition coefficient (Wildman–Crippen LogP) is 3.43. The van der Waals surface area contributed by atoms with Gasteiger partial charge in [-0.15, -0.1) is 0 Å². The van der Waals surface area contributed by atoms with E-state index in [1.54, 1.807) is 19.0 Å². The van der Waals surface area contributed by atoms with E-state index in [-0.39, 0.29) is 28.0 Å². The number of fused-ring (bicyclic) bond motifs is 3. The highest BCUT2D eigenvalue weighted by molar-refractivity contribution is 6.22. The molecule has 0 unspecified atom stereocenters. The number of hydrogen-bond donors (Lipinski definition) is 6. The van der Waals surface area contributed by atoms with E-state index in [1.807, 2.05) is 25.1 Å². The average molecular weight is 612 g/mol. The molecule has 0 bridgehead atoms. The number of hydrogen-bond acceptors (Lipinski definition) is 10. The molecule has 0 aromatic heterocycles. The third kappa shape index (κ3) is 5.79. The fourth-order valence-electron chi connectivity index (χ4n) is 7.43. The fourth-order valence-corrected chi connectivity index (χ4v) is 7.43. The number of benzene rings is 1. The molecule has 1 amide bonds. The van der Waals surface area contributed by atoms with Crippen molar-refractivity contribution in [2.75, 3.05) is 45.0 Å². The average Bonchev–Trinajstić information content (AvgIpc) is 2.88. The van der Waals surface area contributed by atoms with Gasteiger partial charge in [0.1, 0.15) is 22.8 Å². The number of amides is 1.